The van der Waals surface area contributed by atoms with Crippen molar-refractivity contribution in [1.82, 2.24) is 19.6 Å². The third-order valence-corrected chi connectivity index (χ3v) is 2.36. The number of carboxylic acid groups (broad SMARTS) is 1. The second-order valence-corrected chi connectivity index (χ2v) is 3.79. The molecule has 7 heteroatoms. The molecular formula is C11H13N5O2. The molecular weight excluding hydrogens is 234 g/mol. The summed E-state index contributed by atoms with van der Waals surface area (Å²) >= 11 is 0. The monoisotopic (exact) mass is 247 g/mol. The van der Waals surface area contributed by atoms with E-state index in [1.807, 2.05) is 6.92 Å². The average molecular weight is 247 g/mol. The van der Waals surface area contributed by atoms with Gasteiger partial charge in [-0.1, -0.05) is 6.08 Å². The van der Waals surface area contributed by atoms with Crippen LogP contribution in [0.4, 0.5) is 5.82 Å². The Balaban J connectivity index is 2.51. The van der Waals surface area contributed by atoms with Gasteiger partial charge in [0.1, 0.15) is 18.7 Å². The predicted molar refractivity (Wildman–Crippen MR) is 65.6 cm³/mol. The molecule has 18 heavy (non-hydrogen) atoms. The van der Waals surface area contributed by atoms with Gasteiger partial charge in [0.25, 0.3) is 5.78 Å². The highest BCUT2D eigenvalue weighted by Gasteiger charge is 2.14. The van der Waals surface area contributed by atoms with Gasteiger partial charge in [-0.15, -0.1) is 6.58 Å². The van der Waals surface area contributed by atoms with E-state index in [2.05, 4.69) is 21.6 Å². The largest absolute Gasteiger partial charge is 0.480 e. The number of nitrogens with zero attached hydrogens (tertiary/aromatic N) is 5. The molecule has 2 rings (SSSR count). The lowest BCUT2D eigenvalue weighted by molar-refractivity contribution is -0.135. The lowest BCUT2D eigenvalue weighted by atomic mass is 10.3. The molecule has 0 aliphatic rings. The van der Waals surface area contributed by atoms with Crippen molar-refractivity contribution in [2.45, 2.75) is 6.92 Å². The van der Waals surface area contributed by atoms with Crippen molar-refractivity contribution in [3.05, 3.63) is 30.7 Å². The number of carboxylic acids is 1. The van der Waals surface area contributed by atoms with Gasteiger partial charge >= 0.3 is 5.97 Å². The van der Waals surface area contributed by atoms with Crippen molar-refractivity contribution in [2.75, 3.05) is 18.0 Å². The SMILES string of the molecule is C=CCN(CC(=O)O)c1cc(C)nc2ncnn12. The van der Waals surface area contributed by atoms with Gasteiger partial charge in [-0.2, -0.15) is 14.6 Å². The van der Waals surface area contributed by atoms with Crippen LogP contribution in [0.1, 0.15) is 5.69 Å². The maximum Gasteiger partial charge on any atom is 0.323 e. The zero-order valence-corrected chi connectivity index (χ0v) is 9.94. The zero-order valence-electron chi connectivity index (χ0n) is 9.94. The number of carbonyl (C=O) groups is 1. The maximum atomic E-state index is 10.9. The third kappa shape index (κ3) is 2.29. The Kier molecular flexibility index (Phi) is 3.22. The standard InChI is InChI=1S/C11H13N5O2/c1-3-4-15(6-10(17)18)9-5-8(2)14-11-12-7-13-16(9)11/h3,5,7H,1,4,6H2,2H3,(H,17,18). The first-order valence-corrected chi connectivity index (χ1v) is 5.37. The molecule has 0 fully saturated rings. The van der Waals surface area contributed by atoms with Gasteiger partial charge in [0.2, 0.25) is 0 Å². The number of aliphatic carboxylic acids is 1. The average Bonchev–Trinajstić information content (AvgIpc) is 2.74. The number of aryl methyl sites for hydroxylation is 1. The van der Waals surface area contributed by atoms with E-state index in [0.29, 0.717) is 18.1 Å². The van der Waals surface area contributed by atoms with Crippen LogP contribution in [0.25, 0.3) is 5.78 Å². The number of anilines is 1. The quantitative estimate of drug-likeness (QED) is 0.775. The van der Waals surface area contributed by atoms with Crippen LogP contribution in [0.3, 0.4) is 0 Å². The van der Waals surface area contributed by atoms with Crippen molar-refractivity contribution in [1.29, 1.82) is 0 Å². The van der Waals surface area contributed by atoms with Gasteiger partial charge in [0.15, 0.2) is 0 Å². The topological polar surface area (TPSA) is 83.6 Å². The summed E-state index contributed by atoms with van der Waals surface area (Å²) in [4.78, 5) is 20.7. The summed E-state index contributed by atoms with van der Waals surface area (Å²) in [5, 5.41) is 13.0. The Morgan fingerprint density at radius 2 is 2.44 bits per heavy atom. The van der Waals surface area contributed by atoms with Crippen molar-refractivity contribution in [3.8, 4) is 0 Å². The van der Waals surface area contributed by atoms with Crippen LogP contribution in [-0.2, 0) is 4.79 Å². The normalized spacial score (nSPS) is 10.5. The first-order valence-electron chi connectivity index (χ1n) is 5.37. The summed E-state index contributed by atoms with van der Waals surface area (Å²) in [7, 11) is 0. The number of fused-ring (bicyclic) bond motifs is 1. The maximum absolute atomic E-state index is 10.9. The fourth-order valence-electron chi connectivity index (χ4n) is 1.69. The molecule has 0 saturated carbocycles. The second-order valence-electron chi connectivity index (χ2n) is 3.79. The van der Waals surface area contributed by atoms with Crippen LogP contribution in [0.5, 0.6) is 0 Å². The Hall–Kier alpha value is -2.44. The first kappa shape index (κ1) is 12.0. The predicted octanol–water partition coefficient (Wildman–Crippen LogP) is 0.510. The van der Waals surface area contributed by atoms with E-state index in [0.717, 1.165) is 5.69 Å². The van der Waals surface area contributed by atoms with Crippen LogP contribution in [0.15, 0.2) is 25.0 Å². The molecule has 1 N–H and O–H groups in total. The molecule has 0 radical (unpaired) electrons. The molecule has 0 aliphatic carbocycles. The summed E-state index contributed by atoms with van der Waals surface area (Å²) < 4.78 is 1.51. The van der Waals surface area contributed by atoms with Crippen molar-refractivity contribution in [3.63, 3.8) is 0 Å². The molecule has 0 aromatic carbocycles. The van der Waals surface area contributed by atoms with Gasteiger partial charge in [0, 0.05) is 18.3 Å². The summed E-state index contributed by atoms with van der Waals surface area (Å²) in [6.45, 7) is 5.73. The van der Waals surface area contributed by atoms with Gasteiger partial charge < -0.3 is 10.0 Å². The third-order valence-electron chi connectivity index (χ3n) is 2.36. The number of hydrogen-bond acceptors (Lipinski definition) is 5. The minimum absolute atomic E-state index is 0.134. The van der Waals surface area contributed by atoms with E-state index in [1.54, 1.807) is 17.0 Å². The minimum atomic E-state index is -0.917. The number of rotatable bonds is 5. The molecule has 0 spiro atoms. The molecule has 0 unspecified atom stereocenters. The zero-order chi connectivity index (χ0) is 13.1. The van der Waals surface area contributed by atoms with Gasteiger partial charge in [-0.05, 0) is 6.92 Å². The highest BCUT2D eigenvalue weighted by atomic mass is 16.4. The van der Waals surface area contributed by atoms with Crippen LogP contribution in [0, 0.1) is 6.92 Å². The molecule has 2 aromatic rings. The second kappa shape index (κ2) is 4.82. The Morgan fingerprint density at radius 1 is 1.67 bits per heavy atom. The molecule has 94 valence electrons. The molecule has 0 atom stereocenters. The Morgan fingerprint density at radius 3 is 3.11 bits per heavy atom. The van der Waals surface area contributed by atoms with E-state index < -0.39 is 5.97 Å². The van der Waals surface area contributed by atoms with Crippen molar-refractivity contribution >= 4 is 17.6 Å². The highest BCUT2D eigenvalue weighted by Crippen LogP contribution is 2.15. The summed E-state index contributed by atoms with van der Waals surface area (Å²) in [5.41, 5.74) is 0.755. The van der Waals surface area contributed by atoms with E-state index >= 15 is 0 Å². The van der Waals surface area contributed by atoms with Crippen LogP contribution < -0.4 is 4.90 Å². The molecule has 0 amide bonds. The van der Waals surface area contributed by atoms with Gasteiger partial charge in [-0.25, -0.2) is 4.98 Å². The van der Waals surface area contributed by atoms with Crippen LogP contribution >= 0.6 is 0 Å². The Labute approximate surface area is 103 Å². The molecule has 0 saturated heterocycles. The summed E-state index contributed by atoms with van der Waals surface area (Å²) in [5.74, 6) is 0.168. The summed E-state index contributed by atoms with van der Waals surface area (Å²) in [6, 6.07) is 1.77. The van der Waals surface area contributed by atoms with E-state index in [4.69, 9.17) is 5.11 Å². The Bertz CT molecular complexity index is 592. The molecule has 0 aliphatic heterocycles. The van der Waals surface area contributed by atoms with Crippen LogP contribution in [0.2, 0.25) is 0 Å². The molecule has 0 bridgehead atoms. The fraction of sp³-hybridized carbons (Fsp3) is 0.273. The summed E-state index contributed by atoms with van der Waals surface area (Å²) in [6.07, 6.45) is 3.03. The molecule has 2 heterocycles. The van der Waals surface area contributed by atoms with Crippen LogP contribution in [-0.4, -0.2) is 43.7 Å². The van der Waals surface area contributed by atoms with E-state index in [-0.39, 0.29) is 6.54 Å². The lowest BCUT2D eigenvalue weighted by Crippen LogP contribution is -2.31. The van der Waals surface area contributed by atoms with E-state index in [1.165, 1.54) is 10.8 Å². The highest BCUT2D eigenvalue weighted by molar-refractivity contribution is 5.73. The van der Waals surface area contributed by atoms with Crippen molar-refractivity contribution in [2.24, 2.45) is 0 Å². The number of aromatic nitrogens is 4. The van der Waals surface area contributed by atoms with Gasteiger partial charge in [0.05, 0.1) is 0 Å². The minimum Gasteiger partial charge on any atom is -0.480 e. The van der Waals surface area contributed by atoms with Crippen molar-refractivity contribution < 1.29 is 9.90 Å². The van der Waals surface area contributed by atoms with Gasteiger partial charge in [-0.3, -0.25) is 4.79 Å². The van der Waals surface area contributed by atoms with E-state index in [9.17, 15) is 4.79 Å². The number of hydrogen-bond donors (Lipinski definition) is 1. The first-order chi connectivity index (χ1) is 8.61. The molecule has 7 nitrogen and oxygen atoms in total. The lowest BCUT2D eigenvalue weighted by Gasteiger charge is -2.21. The fourth-order valence-corrected chi connectivity index (χ4v) is 1.69. The molecule has 2 aromatic heterocycles. The smallest absolute Gasteiger partial charge is 0.323 e.